The fraction of sp³-hybridized carbons (Fsp3) is 0.176. The van der Waals surface area contributed by atoms with Crippen LogP contribution in [0.25, 0.3) is 0 Å². The molecule has 0 heterocycles. The molecule has 0 atom stereocenters. The average molecular weight is 362 g/mol. The van der Waals surface area contributed by atoms with Crippen LogP contribution in [0, 0.1) is 0 Å². The number of hydrogen-bond acceptors (Lipinski definition) is 3. The lowest BCUT2D eigenvalue weighted by molar-refractivity contribution is -0.117. The van der Waals surface area contributed by atoms with Gasteiger partial charge in [0, 0.05) is 4.47 Å². The van der Waals surface area contributed by atoms with Crippen molar-refractivity contribution in [1.82, 2.24) is 0 Å². The van der Waals surface area contributed by atoms with Crippen LogP contribution in [0.15, 0.2) is 46.9 Å². The largest absolute Gasteiger partial charge is 0.488 e. The molecule has 1 amide bonds. The van der Waals surface area contributed by atoms with Crippen LogP contribution in [0.5, 0.6) is 5.75 Å². The van der Waals surface area contributed by atoms with Crippen molar-refractivity contribution in [1.29, 1.82) is 0 Å². The molecule has 0 saturated heterocycles. The number of Topliss-reactive ketones (excluding diaryl/α,β-unsaturated/α-hetero) is 1. The Morgan fingerprint density at radius 3 is 2.45 bits per heavy atom. The lowest BCUT2D eigenvalue weighted by atomic mass is 10.0. The molecule has 0 aromatic heterocycles. The molecular formula is C17H16BrNO3. The van der Waals surface area contributed by atoms with Crippen molar-refractivity contribution < 1.29 is 14.3 Å². The highest BCUT2D eigenvalue weighted by molar-refractivity contribution is 9.10. The highest BCUT2D eigenvalue weighted by atomic mass is 79.9. The third-order valence-electron chi connectivity index (χ3n) is 3.13. The minimum Gasteiger partial charge on any atom is -0.488 e. The van der Waals surface area contributed by atoms with E-state index >= 15 is 0 Å². The molecule has 0 aliphatic heterocycles. The predicted molar refractivity (Wildman–Crippen MR) is 87.8 cm³/mol. The van der Waals surface area contributed by atoms with Crippen LogP contribution in [0.3, 0.4) is 0 Å². The van der Waals surface area contributed by atoms with Crippen LogP contribution in [0.1, 0.15) is 28.4 Å². The fourth-order valence-electron chi connectivity index (χ4n) is 2.05. The van der Waals surface area contributed by atoms with E-state index in [1.165, 1.54) is 6.92 Å². The molecule has 0 unspecified atom stereocenters. The van der Waals surface area contributed by atoms with Crippen LogP contribution in [0.4, 0.5) is 0 Å². The minimum atomic E-state index is -0.440. The van der Waals surface area contributed by atoms with Gasteiger partial charge in [-0.25, -0.2) is 0 Å². The number of halogens is 1. The maximum atomic E-state index is 11.8. The summed E-state index contributed by atoms with van der Waals surface area (Å²) in [5.41, 5.74) is 7.40. The van der Waals surface area contributed by atoms with Gasteiger partial charge in [-0.15, -0.1) is 0 Å². The second-order valence-electron chi connectivity index (χ2n) is 4.91. The molecule has 0 aliphatic carbocycles. The smallest absolute Gasteiger partial charge is 0.221 e. The van der Waals surface area contributed by atoms with Crippen molar-refractivity contribution in [2.24, 2.45) is 5.73 Å². The molecule has 2 N–H and O–H groups in total. The first kappa shape index (κ1) is 16.2. The summed E-state index contributed by atoms with van der Waals surface area (Å²) < 4.78 is 6.44. The summed E-state index contributed by atoms with van der Waals surface area (Å²) >= 11 is 3.36. The van der Waals surface area contributed by atoms with Crippen LogP contribution >= 0.6 is 15.9 Å². The summed E-state index contributed by atoms with van der Waals surface area (Å²) in [7, 11) is 0. The summed E-state index contributed by atoms with van der Waals surface area (Å²) in [5.74, 6) is -0.0875. The highest BCUT2D eigenvalue weighted by Gasteiger charge is 2.14. The molecule has 22 heavy (non-hydrogen) atoms. The van der Waals surface area contributed by atoms with Crippen LogP contribution in [-0.4, -0.2) is 11.7 Å². The van der Waals surface area contributed by atoms with E-state index in [0.717, 1.165) is 5.56 Å². The van der Waals surface area contributed by atoms with Gasteiger partial charge in [0.05, 0.1) is 12.0 Å². The summed E-state index contributed by atoms with van der Waals surface area (Å²) in [5, 5.41) is 0. The molecule has 2 aromatic rings. The van der Waals surface area contributed by atoms with E-state index in [2.05, 4.69) is 15.9 Å². The van der Waals surface area contributed by atoms with E-state index in [4.69, 9.17) is 10.5 Å². The fourth-order valence-corrected chi connectivity index (χ4v) is 2.53. The molecular weight excluding hydrogens is 346 g/mol. The number of amides is 1. The van der Waals surface area contributed by atoms with Gasteiger partial charge in [-0.1, -0.05) is 46.3 Å². The molecule has 0 bridgehead atoms. The minimum absolute atomic E-state index is 0.0838. The number of carbonyl (C=O) groups is 2. The van der Waals surface area contributed by atoms with Crippen molar-refractivity contribution in [2.45, 2.75) is 20.0 Å². The van der Waals surface area contributed by atoms with Crippen molar-refractivity contribution in [2.75, 3.05) is 0 Å². The van der Waals surface area contributed by atoms with E-state index < -0.39 is 5.91 Å². The molecule has 4 nitrogen and oxygen atoms in total. The van der Waals surface area contributed by atoms with E-state index in [1.807, 2.05) is 30.3 Å². The van der Waals surface area contributed by atoms with Gasteiger partial charge in [-0.3, -0.25) is 9.59 Å². The summed E-state index contributed by atoms with van der Waals surface area (Å²) in [6.07, 6.45) is 0.0838. The Bertz CT molecular complexity index is 699. The third kappa shape index (κ3) is 4.18. The molecule has 114 valence electrons. The quantitative estimate of drug-likeness (QED) is 0.802. The van der Waals surface area contributed by atoms with Crippen LogP contribution in [-0.2, 0) is 17.8 Å². The SMILES string of the molecule is CC(=O)c1cc(Br)c(CC(N)=O)cc1OCc1ccccc1. The Morgan fingerprint density at radius 1 is 1.18 bits per heavy atom. The van der Waals surface area contributed by atoms with E-state index in [0.29, 0.717) is 28.0 Å². The van der Waals surface area contributed by atoms with Crippen molar-refractivity contribution in [3.63, 3.8) is 0 Å². The summed E-state index contributed by atoms with van der Waals surface area (Å²) in [6, 6.07) is 13.0. The van der Waals surface area contributed by atoms with Crippen LogP contribution < -0.4 is 10.5 Å². The number of ketones is 1. The van der Waals surface area contributed by atoms with E-state index in [9.17, 15) is 9.59 Å². The number of hydrogen-bond donors (Lipinski definition) is 1. The monoisotopic (exact) mass is 361 g/mol. The molecule has 0 aliphatic rings. The second-order valence-corrected chi connectivity index (χ2v) is 5.77. The Hall–Kier alpha value is -2.14. The summed E-state index contributed by atoms with van der Waals surface area (Å²) in [4.78, 5) is 22.9. The molecule has 0 radical (unpaired) electrons. The van der Waals surface area contributed by atoms with Crippen LogP contribution in [0.2, 0.25) is 0 Å². The Labute approximate surface area is 137 Å². The lowest BCUT2D eigenvalue weighted by Gasteiger charge is -2.13. The van der Waals surface area contributed by atoms with Crippen molar-refractivity contribution >= 4 is 27.6 Å². The predicted octanol–water partition coefficient (Wildman–Crippen LogP) is 3.26. The van der Waals surface area contributed by atoms with Gasteiger partial charge in [0.1, 0.15) is 12.4 Å². The summed E-state index contributed by atoms with van der Waals surface area (Å²) in [6.45, 7) is 1.82. The first-order valence-electron chi connectivity index (χ1n) is 6.75. The van der Waals surface area contributed by atoms with Gasteiger partial charge >= 0.3 is 0 Å². The molecule has 2 rings (SSSR count). The zero-order valence-electron chi connectivity index (χ0n) is 12.1. The van der Waals surface area contributed by atoms with E-state index in [-0.39, 0.29) is 12.2 Å². The normalized spacial score (nSPS) is 10.3. The van der Waals surface area contributed by atoms with Gasteiger partial charge < -0.3 is 10.5 Å². The number of primary amides is 1. The van der Waals surface area contributed by atoms with Crippen molar-refractivity contribution in [3.8, 4) is 5.75 Å². The number of rotatable bonds is 6. The molecule has 0 spiro atoms. The lowest BCUT2D eigenvalue weighted by Crippen LogP contribution is -2.14. The Kier molecular flexibility index (Phi) is 5.33. The number of benzene rings is 2. The Balaban J connectivity index is 2.30. The molecule has 2 aromatic carbocycles. The molecule has 0 saturated carbocycles. The van der Waals surface area contributed by atoms with Gasteiger partial charge in [-0.05, 0) is 30.2 Å². The third-order valence-corrected chi connectivity index (χ3v) is 3.87. The highest BCUT2D eigenvalue weighted by Crippen LogP contribution is 2.29. The topological polar surface area (TPSA) is 69.4 Å². The zero-order chi connectivity index (χ0) is 16.1. The maximum Gasteiger partial charge on any atom is 0.221 e. The van der Waals surface area contributed by atoms with Gasteiger partial charge in [0.15, 0.2) is 5.78 Å². The standard InChI is InChI=1S/C17H16BrNO3/c1-11(20)14-9-15(18)13(8-17(19)21)7-16(14)22-10-12-5-3-2-4-6-12/h2-7,9H,8,10H2,1H3,(H2,19,21). The zero-order valence-corrected chi connectivity index (χ0v) is 13.7. The molecule has 5 heteroatoms. The van der Waals surface area contributed by atoms with Gasteiger partial charge in [0.2, 0.25) is 5.91 Å². The van der Waals surface area contributed by atoms with Crippen molar-refractivity contribution in [3.05, 3.63) is 63.6 Å². The number of ether oxygens (including phenoxy) is 1. The van der Waals surface area contributed by atoms with Gasteiger partial charge in [-0.2, -0.15) is 0 Å². The first-order chi connectivity index (χ1) is 10.5. The second kappa shape index (κ2) is 7.22. The van der Waals surface area contributed by atoms with Gasteiger partial charge in [0.25, 0.3) is 0 Å². The Morgan fingerprint density at radius 2 is 1.86 bits per heavy atom. The first-order valence-corrected chi connectivity index (χ1v) is 7.55. The van der Waals surface area contributed by atoms with E-state index in [1.54, 1.807) is 12.1 Å². The number of carbonyl (C=O) groups excluding carboxylic acids is 2. The molecule has 0 fully saturated rings. The maximum absolute atomic E-state index is 11.8. The average Bonchev–Trinajstić information content (AvgIpc) is 2.48. The number of nitrogens with two attached hydrogens (primary N) is 1.